The van der Waals surface area contributed by atoms with Gasteiger partial charge in [-0.05, 0) is 12.1 Å². The van der Waals surface area contributed by atoms with Crippen LogP contribution in [-0.2, 0) is 11.3 Å². The molecule has 0 fully saturated rings. The van der Waals surface area contributed by atoms with Gasteiger partial charge in [-0.1, -0.05) is 0 Å². The van der Waals surface area contributed by atoms with Gasteiger partial charge in [0, 0.05) is 36.7 Å². The van der Waals surface area contributed by atoms with E-state index in [0.717, 1.165) is 5.52 Å². The lowest BCUT2D eigenvalue weighted by molar-refractivity contribution is -0.118. The molecule has 5 heteroatoms. The Hall–Kier alpha value is -2.30. The van der Waals surface area contributed by atoms with Crippen molar-refractivity contribution in [2.45, 2.75) is 13.0 Å². The fourth-order valence-electron chi connectivity index (χ4n) is 1.84. The highest BCUT2D eigenvalue weighted by atomic mass is 16.5. The number of rotatable bonds is 4. The van der Waals surface area contributed by atoms with E-state index < -0.39 is 0 Å². The Kier molecular flexibility index (Phi) is 3.32. The van der Waals surface area contributed by atoms with Gasteiger partial charge < -0.3 is 15.0 Å². The summed E-state index contributed by atoms with van der Waals surface area (Å²) in [7, 11) is 1.57. The predicted octanol–water partition coefficient (Wildman–Crippen LogP) is 0.885. The van der Waals surface area contributed by atoms with Crippen LogP contribution in [0.4, 0.5) is 0 Å². The first-order valence-electron chi connectivity index (χ1n) is 5.57. The van der Waals surface area contributed by atoms with Crippen LogP contribution in [0.2, 0.25) is 0 Å². The van der Waals surface area contributed by atoms with Crippen molar-refractivity contribution in [3.63, 3.8) is 0 Å². The monoisotopic (exact) mass is 246 g/mol. The number of primary amides is 1. The molecule has 2 rings (SSSR count). The number of methoxy groups -OCH3 is 1. The van der Waals surface area contributed by atoms with Crippen LogP contribution in [0, 0.1) is 0 Å². The molecule has 0 aliphatic rings. The van der Waals surface area contributed by atoms with E-state index in [9.17, 15) is 9.59 Å². The van der Waals surface area contributed by atoms with Gasteiger partial charge in [-0.25, -0.2) is 0 Å². The molecular weight excluding hydrogens is 232 g/mol. The number of ether oxygens (including phenoxy) is 1. The number of fused-ring (bicyclic) bond motifs is 1. The molecule has 2 aromatic rings. The van der Waals surface area contributed by atoms with Gasteiger partial charge in [0.15, 0.2) is 5.43 Å². The van der Waals surface area contributed by atoms with Gasteiger partial charge in [0.05, 0.1) is 12.6 Å². The topological polar surface area (TPSA) is 74.3 Å². The summed E-state index contributed by atoms with van der Waals surface area (Å²) in [5, 5.41) is 0.600. The number of benzene rings is 1. The molecule has 2 N–H and O–H groups in total. The highest BCUT2D eigenvalue weighted by molar-refractivity contribution is 5.80. The second-order valence-electron chi connectivity index (χ2n) is 3.97. The Labute approximate surface area is 104 Å². The van der Waals surface area contributed by atoms with Crippen LogP contribution < -0.4 is 15.9 Å². The third-order valence-corrected chi connectivity index (χ3v) is 2.78. The maximum atomic E-state index is 11.7. The number of aromatic nitrogens is 1. The standard InChI is InChI=1S/C13H14N2O3/c1-18-9-2-3-10-11(8-9)15(6-4-12(10)16)7-5-13(14)17/h2-4,6,8H,5,7H2,1H3,(H2,14,17). The van der Waals surface area contributed by atoms with Crippen LogP contribution in [0.5, 0.6) is 5.75 Å². The first kappa shape index (κ1) is 12.2. The minimum atomic E-state index is -0.371. The van der Waals surface area contributed by atoms with Crippen molar-refractivity contribution >= 4 is 16.8 Å². The summed E-state index contributed by atoms with van der Waals surface area (Å²) in [6.45, 7) is 0.444. The zero-order valence-corrected chi connectivity index (χ0v) is 10.1. The average molecular weight is 246 g/mol. The van der Waals surface area contributed by atoms with Gasteiger partial charge in [-0.3, -0.25) is 9.59 Å². The van der Waals surface area contributed by atoms with Gasteiger partial charge in [-0.2, -0.15) is 0 Å². The molecule has 1 heterocycles. The van der Waals surface area contributed by atoms with Crippen LogP contribution in [0.3, 0.4) is 0 Å². The second kappa shape index (κ2) is 4.91. The number of hydrogen-bond acceptors (Lipinski definition) is 3. The molecule has 0 saturated carbocycles. The Bertz CT molecular complexity index is 646. The smallest absolute Gasteiger partial charge is 0.219 e. The quantitative estimate of drug-likeness (QED) is 0.870. The van der Waals surface area contributed by atoms with Crippen molar-refractivity contribution in [2.75, 3.05) is 7.11 Å². The minimum Gasteiger partial charge on any atom is -0.497 e. The molecule has 0 atom stereocenters. The minimum absolute atomic E-state index is 0.0528. The lowest BCUT2D eigenvalue weighted by Gasteiger charge is -2.10. The Morgan fingerprint density at radius 2 is 2.17 bits per heavy atom. The van der Waals surface area contributed by atoms with Crippen molar-refractivity contribution in [3.05, 3.63) is 40.7 Å². The van der Waals surface area contributed by atoms with Crippen LogP contribution in [-0.4, -0.2) is 17.6 Å². The van der Waals surface area contributed by atoms with E-state index in [4.69, 9.17) is 10.5 Å². The molecule has 1 amide bonds. The Morgan fingerprint density at radius 3 is 2.83 bits per heavy atom. The number of hydrogen-bond donors (Lipinski definition) is 1. The fourth-order valence-corrected chi connectivity index (χ4v) is 1.84. The summed E-state index contributed by atoms with van der Waals surface area (Å²) in [5.74, 6) is 0.297. The number of carbonyl (C=O) groups is 1. The normalized spacial score (nSPS) is 10.5. The van der Waals surface area contributed by atoms with Crippen LogP contribution in [0.25, 0.3) is 10.9 Å². The molecule has 5 nitrogen and oxygen atoms in total. The zero-order chi connectivity index (χ0) is 13.1. The number of carbonyl (C=O) groups excluding carboxylic acids is 1. The molecule has 1 aromatic heterocycles. The first-order chi connectivity index (χ1) is 8.61. The van der Waals surface area contributed by atoms with Crippen LogP contribution in [0.1, 0.15) is 6.42 Å². The van der Waals surface area contributed by atoms with E-state index in [1.807, 2.05) is 4.57 Å². The van der Waals surface area contributed by atoms with E-state index in [-0.39, 0.29) is 17.8 Å². The predicted molar refractivity (Wildman–Crippen MR) is 68.6 cm³/mol. The number of pyridine rings is 1. The van der Waals surface area contributed by atoms with Crippen LogP contribution >= 0.6 is 0 Å². The fraction of sp³-hybridized carbons (Fsp3) is 0.231. The average Bonchev–Trinajstić information content (AvgIpc) is 2.37. The van der Waals surface area contributed by atoms with Crippen molar-refractivity contribution in [1.82, 2.24) is 4.57 Å². The zero-order valence-electron chi connectivity index (χ0n) is 10.1. The molecule has 94 valence electrons. The van der Waals surface area contributed by atoms with E-state index in [0.29, 0.717) is 17.7 Å². The van der Waals surface area contributed by atoms with E-state index in [1.54, 1.807) is 31.5 Å². The summed E-state index contributed by atoms with van der Waals surface area (Å²) >= 11 is 0. The Balaban J connectivity index is 2.55. The summed E-state index contributed by atoms with van der Waals surface area (Å²) in [6, 6.07) is 6.72. The summed E-state index contributed by atoms with van der Waals surface area (Å²) in [5.41, 5.74) is 5.82. The summed E-state index contributed by atoms with van der Waals surface area (Å²) < 4.78 is 6.96. The van der Waals surface area contributed by atoms with Gasteiger partial charge >= 0.3 is 0 Å². The molecule has 0 unspecified atom stereocenters. The van der Waals surface area contributed by atoms with Crippen LogP contribution in [0.15, 0.2) is 35.3 Å². The maximum Gasteiger partial charge on any atom is 0.219 e. The van der Waals surface area contributed by atoms with E-state index in [1.165, 1.54) is 6.07 Å². The van der Waals surface area contributed by atoms with Crippen molar-refractivity contribution in [3.8, 4) is 5.75 Å². The maximum absolute atomic E-state index is 11.7. The second-order valence-corrected chi connectivity index (χ2v) is 3.97. The number of nitrogens with two attached hydrogens (primary N) is 1. The van der Waals surface area contributed by atoms with E-state index >= 15 is 0 Å². The van der Waals surface area contributed by atoms with E-state index in [2.05, 4.69) is 0 Å². The largest absolute Gasteiger partial charge is 0.497 e. The molecule has 0 saturated heterocycles. The number of aryl methyl sites for hydroxylation is 1. The molecule has 0 aliphatic carbocycles. The highest BCUT2D eigenvalue weighted by Crippen LogP contribution is 2.18. The van der Waals surface area contributed by atoms with Gasteiger partial charge in [-0.15, -0.1) is 0 Å². The van der Waals surface area contributed by atoms with Gasteiger partial charge in [0.25, 0.3) is 0 Å². The molecule has 1 aromatic carbocycles. The molecule has 18 heavy (non-hydrogen) atoms. The molecule has 0 aliphatic heterocycles. The van der Waals surface area contributed by atoms with Gasteiger partial charge in [0.2, 0.25) is 5.91 Å². The molecule has 0 bridgehead atoms. The SMILES string of the molecule is COc1ccc2c(=O)ccn(CCC(N)=O)c2c1. The van der Waals surface area contributed by atoms with Crippen molar-refractivity contribution in [1.29, 1.82) is 0 Å². The first-order valence-corrected chi connectivity index (χ1v) is 5.57. The Morgan fingerprint density at radius 1 is 1.39 bits per heavy atom. The number of nitrogens with zero attached hydrogens (tertiary/aromatic N) is 1. The summed E-state index contributed by atoms with van der Waals surface area (Å²) in [6.07, 6.45) is 1.89. The lowest BCUT2D eigenvalue weighted by Crippen LogP contribution is -2.15. The van der Waals surface area contributed by atoms with Crippen molar-refractivity contribution < 1.29 is 9.53 Å². The number of amides is 1. The lowest BCUT2D eigenvalue weighted by atomic mass is 10.2. The third-order valence-electron chi connectivity index (χ3n) is 2.78. The molecule has 0 radical (unpaired) electrons. The van der Waals surface area contributed by atoms with Gasteiger partial charge in [0.1, 0.15) is 5.75 Å². The molecule has 0 spiro atoms. The molecular formula is C13H14N2O3. The highest BCUT2D eigenvalue weighted by Gasteiger charge is 2.05. The summed E-state index contributed by atoms with van der Waals surface area (Å²) in [4.78, 5) is 22.5. The van der Waals surface area contributed by atoms with Crippen molar-refractivity contribution in [2.24, 2.45) is 5.73 Å². The third kappa shape index (κ3) is 2.34.